The second kappa shape index (κ2) is 9.47. The van der Waals surface area contributed by atoms with Gasteiger partial charge in [-0.05, 0) is 56.8 Å². The molecule has 2 N–H and O–H groups in total. The molecule has 0 aromatic heterocycles. The predicted octanol–water partition coefficient (Wildman–Crippen LogP) is 1.74. The molecule has 2 atom stereocenters. The van der Waals surface area contributed by atoms with Crippen LogP contribution in [0.25, 0.3) is 0 Å². The zero-order chi connectivity index (χ0) is 18.6. The van der Waals surface area contributed by atoms with Gasteiger partial charge in [0.15, 0.2) is 11.5 Å². The van der Waals surface area contributed by atoms with Crippen LogP contribution >= 0.6 is 12.4 Å². The number of hydrogen-bond donors (Lipinski definition) is 2. The van der Waals surface area contributed by atoms with Crippen molar-refractivity contribution >= 4 is 29.9 Å². The zero-order valence-corrected chi connectivity index (χ0v) is 16.8. The Bertz CT molecular complexity index is 709. The normalized spacial score (nSPS) is 23.9. The Morgan fingerprint density at radius 2 is 2.04 bits per heavy atom. The molecular formula is C20H28ClN3O4. The first-order valence-electron chi connectivity index (χ1n) is 9.92. The number of fused-ring (bicyclic) bond motifs is 1. The third-order valence-electron chi connectivity index (χ3n) is 5.61. The van der Waals surface area contributed by atoms with Crippen LogP contribution in [0.15, 0.2) is 18.2 Å². The van der Waals surface area contributed by atoms with E-state index in [1.54, 1.807) is 4.90 Å². The predicted molar refractivity (Wildman–Crippen MR) is 108 cm³/mol. The number of anilines is 1. The fraction of sp³-hybridized carbons (Fsp3) is 0.600. The summed E-state index contributed by atoms with van der Waals surface area (Å²) in [5, 5.41) is 6.35. The topological polar surface area (TPSA) is 79.9 Å². The fourth-order valence-electron chi connectivity index (χ4n) is 4.07. The minimum absolute atomic E-state index is 0. The molecule has 3 heterocycles. The SMILES string of the molecule is Cl.O=C(NCCC1CCCNC1)C1CCN(c2ccc3c(c2)OCCO3)C1=O. The number of halogens is 1. The molecule has 3 aliphatic heterocycles. The van der Waals surface area contributed by atoms with E-state index in [0.717, 1.165) is 25.2 Å². The van der Waals surface area contributed by atoms with Crippen molar-refractivity contribution in [3.05, 3.63) is 18.2 Å². The molecule has 2 fully saturated rings. The van der Waals surface area contributed by atoms with Crippen molar-refractivity contribution in [2.75, 3.05) is 44.3 Å². The average molecular weight is 410 g/mol. The van der Waals surface area contributed by atoms with Crippen molar-refractivity contribution in [3.8, 4) is 11.5 Å². The highest BCUT2D eigenvalue weighted by Gasteiger charge is 2.37. The van der Waals surface area contributed by atoms with Crippen molar-refractivity contribution < 1.29 is 19.1 Å². The number of ether oxygens (including phenoxy) is 2. The van der Waals surface area contributed by atoms with Gasteiger partial charge < -0.3 is 25.0 Å². The lowest BCUT2D eigenvalue weighted by Gasteiger charge is -2.23. The maximum Gasteiger partial charge on any atom is 0.239 e. The molecule has 154 valence electrons. The molecule has 1 aromatic carbocycles. The van der Waals surface area contributed by atoms with Crippen molar-refractivity contribution in [1.82, 2.24) is 10.6 Å². The number of piperidine rings is 1. The quantitative estimate of drug-likeness (QED) is 0.724. The third-order valence-corrected chi connectivity index (χ3v) is 5.61. The van der Waals surface area contributed by atoms with Gasteiger partial charge in [0.2, 0.25) is 11.8 Å². The van der Waals surface area contributed by atoms with Gasteiger partial charge in [0.25, 0.3) is 0 Å². The Hall–Kier alpha value is -1.99. The summed E-state index contributed by atoms with van der Waals surface area (Å²) in [6.45, 7) is 4.34. The third kappa shape index (κ3) is 4.52. The van der Waals surface area contributed by atoms with Crippen molar-refractivity contribution in [2.45, 2.75) is 25.7 Å². The van der Waals surface area contributed by atoms with Crippen molar-refractivity contribution in [2.24, 2.45) is 11.8 Å². The molecule has 1 aromatic rings. The van der Waals surface area contributed by atoms with E-state index in [1.807, 2.05) is 18.2 Å². The molecule has 7 nitrogen and oxygen atoms in total. The largest absolute Gasteiger partial charge is 0.486 e. The van der Waals surface area contributed by atoms with E-state index in [9.17, 15) is 9.59 Å². The molecule has 4 rings (SSSR count). The average Bonchev–Trinajstić information content (AvgIpc) is 3.10. The monoisotopic (exact) mass is 409 g/mol. The van der Waals surface area contributed by atoms with Gasteiger partial charge in [-0.3, -0.25) is 9.59 Å². The fourth-order valence-corrected chi connectivity index (χ4v) is 4.07. The molecule has 2 amide bonds. The van der Waals surface area contributed by atoms with Gasteiger partial charge in [-0.15, -0.1) is 12.4 Å². The summed E-state index contributed by atoms with van der Waals surface area (Å²) in [5.74, 6) is 1.09. The first kappa shape index (κ1) is 20.7. The van der Waals surface area contributed by atoms with Crippen LogP contribution in [0.5, 0.6) is 11.5 Å². The number of hydrogen-bond acceptors (Lipinski definition) is 5. The molecule has 28 heavy (non-hydrogen) atoms. The standard InChI is InChI=1S/C20H27N3O4.ClH/c24-19(22-8-5-14-2-1-7-21-13-14)16-6-9-23(20(16)25)15-3-4-17-18(12-15)27-11-10-26-17;/h3-4,12,14,16,21H,1-2,5-11,13H2,(H,22,24);1H. The van der Waals surface area contributed by atoms with Gasteiger partial charge in [0, 0.05) is 24.8 Å². The van der Waals surface area contributed by atoms with Crippen LogP contribution in [-0.2, 0) is 9.59 Å². The van der Waals surface area contributed by atoms with Crippen molar-refractivity contribution in [3.63, 3.8) is 0 Å². The van der Waals surface area contributed by atoms with E-state index in [-0.39, 0.29) is 24.2 Å². The molecule has 3 aliphatic rings. The van der Waals surface area contributed by atoms with Crippen LogP contribution < -0.4 is 25.0 Å². The second-order valence-electron chi connectivity index (χ2n) is 7.45. The number of carbonyl (C=O) groups excluding carboxylic acids is 2. The van der Waals surface area contributed by atoms with E-state index in [1.165, 1.54) is 12.8 Å². The summed E-state index contributed by atoms with van der Waals surface area (Å²) >= 11 is 0. The highest BCUT2D eigenvalue weighted by Crippen LogP contribution is 2.36. The number of rotatable bonds is 5. The Labute approximate surface area is 171 Å². The van der Waals surface area contributed by atoms with E-state index in [2.05, 4.69) is 10.6 Å². The molecule has 0 spiro atoms. The van der Waals surface area contributed by atoms with Gasteiger partial charge >= 0.3 is 0 Å². The smallest absolute Gasteiger partial charge is 0.239 e. The van der Waals surface area contributed by atoms with Gasteiger partial charge in [-0.2, -0.15) is 0 Å². The summed E-state index contributed by atoms with van der Waals surface area (Å²) in [6, 6.07) is 5.49. The Morgan fingerprint density at radius 3 is 2.82 bits per heavy atom. The highest BCUT2D eigenvalue weighted by atomic mass is 35.5. The molecule has 8 heteroatoms. The molecule has 0 radical (unpaired) electrons. The first-order valence-corrected chi connectivity index (χ1v) is 9.92. The number of benzene rings is 1. The van der Waals surface area contributed by atoms with E-state index < -0.39 is 5.92 Å². The van der Waals surface area contributed by atoms with Crippen LogP contribution in [0, 0.1) is 11.8 Å². The number of carbonyl (C=O) groups is 2. The van der Waals surface area contributed by atoms with Crippen LogP contribution in [0.4, 0.5) is 5.69 Å². The van der Waals surface area contributed by atoms with Crippen LogP contribution in [0.1, 0.15) is 25.7 Å². The lowest BCUT2D eigenvalue weighted by molar-refractivity contribution is -0.132. The van der Waals surface area contributed by atoms with Gasteiger partial charge in [-0.25, -0.2) is 0 Å². The maximum atomic E-state index is 12.8. The summed E-state index contributed by atoms with van der Waals surface area (Å²) in [7, 11) is 0. The highest BCUT2D eigenvalue weighted by molar-refractivity contribution is 6.09. The number of amides is 2. The minimum atomic E-state index is -0.595. The second-order valence-corrected chi connectivity index (χ2v) is 7.45. The molecule has 0 saturated carbocycles. The Balaban J connectivity index is 0.00000225. The Kier molecular flexibility index (Phi) is 7.02. The number of nitrogens with one attached hydrogen (secondary N) is 2. The lowest BCUT2D eigenvalue weighted by atomic mass is 9.96. The van der Waals surface area contributed by atoms with Crippen LogP contribution in [-0.4, -0.2) is 51.2 Å². The molecule has 0 aliphatic carbocycles. The van der Waals surface area contributed by atoms with Crippen LogP contribution in [0.3, 0.4) is 0 Å². The van der Waals surface area contributed by atoms with Crippen molar-refractivity contribution in [1.29, 1.82) is 0 Å². The summed E-state index contributed by atoms with van der Waals surface area (Å²) < 4.78 is 11.1. The van der Waals surface area contributed by atoms with Crippen LogP contribution in [0.2, 0.25) is 0 Å². The first-order chi connectivity index (χ1) is 13.2. The maximum absolute atomic E-state index is 12.8. The molecular weight excluding hydrogens is 382 g/mol. The number of nitrogens with zero attached hydrogens (tertiary/aromatic N) is 1. The summed E-state index contributed by atoms with van der Waals surface area (Å²) in [5.41, 5.74) is 0.757. The molecule has 0 bridgehead atoms. The van der Waals surface area contributed by atoms with E-state index in [0.29, 0.717) is 50.1 Å². The van der Waals surface area contributed by atoms with Gasteiger partial charge in [-0.1, -0.05) is 0 Å². The summed E-state index contributed by atoms with van der Waals surface area (Å²) in [4.78, 5) is 26.9. The minimum Gasteiger partial charge on any atom is -0.486 e. The van der Waals surface area contributed by atoms with Gasteiger partial charge in [0.1, 0.15) is 19.1 Å². The summed E-state index contributed by atoms with van der Waals surface area (Å²) in [6.07, 6.45) is 3.92. The molecule has 2 unspecified atom stereocenters. The van der Waals surface area contributed by atoms with E-state index >= 15 is 0 Å². The lowest BCUT2D eigenvalue weighted by Crippen LogP contribution is -2.38. The molecule has 2 saturated heterocycles. The van der Waals surface area contributed by atoms with Gasteiger partial charge in [0.05, 0.1) is 0 Å². The Morgan fingerprint density at radius 1 is 1.21 bits per heavy atom. The van der Waals surface area contributed by atoms with E-state index in [4.69, 9.17) is 9.47 Å². The zero-order valence-electron chi connectivity index (χ0n) is 15.9.